The van der Waals surface area contributed by atoms with Crippen LogP contribution in [0.2, 0.25) is 0 Å². The molecule has 1 heterocycles. The Kier molecular flexibility index (Phi) is 5.46. The maximum absolute atomic E-state index is 11.7. The van der Waals surface area contributed by atoms with Gasteiger partial charge in [-0.2, -0.15) is 0 Å². The zero-order chi connectivity index (χ0) is 12.7. The predicted octanol–water partition coefficient (Wildman–Crippen LogP) is 2.56. The zero-order valence-electron chi connectivity index (χ0n) is 10.7. The molecule has 0 saturated carbocycles. The third-order valence-electron chi connectivity index (χ3n) is 2.49. The smallest absolute Gasteiger partial charge is 0.287 e. The number of nitrogens with one attached hydrogen (secondary N) is 1. The van der Waals surface area contributed by atoms with Crippen LogP contribution >= 0.6 is 0 Å². The van der Waals surface area contributed by atoms with Crippen LogP contribution in [0.3, 0.4) is 0 Å². The van der Waals surface area contributed by atoms with Gasteiger partial charge < -0.3 is 9.73 Å². The van der Waals surface area contributed by atoms with Gasteiger partial charge in [0.05, 0.1) is 6.21 Å². The zero-order valence-corrected chi connectivity index (χ0v) is 10.7. The van der Waals surface area contributed by atoms with E-state index in [1.54, 1.807) is 19.3 Å². The van der Waals surface area contributed by atoms with Crippen molar-refractivity contribution >= 4 is 12.1 Å². The number of furan rings is 1. The quantitative estimate of drug-likeness (QED) is 0.609. The van der Waals surface area contributed by atoms with Gasteiger partial charge in [-0.15, -0.1) is 0 Å². The van der Waals surface area contributed by atoms with Gasteiger partial charge in [0.15, 0.2) is 5.76 Å². The molecular formula is C13H20N2O2. The first kappa shape index (κ1) is 13.5. The number of carbonyl (C=O) groups excluding carboxylic acids is 1. The number of unbranched alkanes of at least 4 members (excludes halogenated alkanes) is 2. The summed E-state index contributed by atoms with van der Waals surface area (Å²) >= 11 is 0. The Morgan fingerprint density at radius 2 is 2.29 bits per heavy atom. The molecule has 0 aliphatic carbocycles. The highest BCUT2D eigenvalue weighted by atomic mass is 16.4. The molecule has 1 rings (SSSR count). The largest absolute Gasteiger partial charge is 0.450 e. The number of amides is 1. The molecule has 4 nitrogen and oxygen atoms in total. The van der Waals surface area contributed by atoms with E-state index in [2.05, 4.69) is 17.2 Å². The summed E-state index contributed by atoms with van der Waals surface area (Å²) in [5, 5.41) is 2.84. The summed E-state index contributed by atoms with van der Waals surface area (Å²) in [5.41, 5.74) is 0.925. The third-order valence-corrected chi connectivity index (χ3v) is 2.49. The highest BCUT2D eigenvalue weighted by Crippen LogP contribution is 2.12. The summed E-state index contributed by atoms with van der Waals surface area (Å²) in [7, 11) is 1.67. The molecule has 0 bridgehead atoms. The van der Waals surface area contributed by atoms with Gasteiger partial charge in [-0.05, 0) is 25.0 Å². The van der Waals surface area contributed by atoms with E-state index in [-0.39, 0.29) is 5.91 Å². The van der Waals surface area contributed by atoms with Crippen molar-refractivity contribution < 1.29 is 9.21 Å². The molecule has 0 saturated heterocycles. The Morgan fingerprint density at radius 3 is 2.94 bits per heavy atom. The van der Waals surface area contributed by atoms with Crippen LogP contribution in [0.4, 0.5) is 0 Å². The fraction of sp³-hybridized carbons (Fsp3) is 0.538. The van der Waals surface area contributed by atoms with Crippen LogP contribution in [0.15, 0.2) is 15.5 Å². The van der Waals surface area contributed by atoms with Gasteiger partial charge in [-0.25, -0.2) is 0 Å². The highest BCUT2D eigenvalue weighted by Gasteiger charge is 2.12. The molecule has 1 aromatic heterocycles. The van der Waals surface area contributed by atoms with E-state index >= 15 is 0 Å². The molecule has 0 unspecified atom stereocenters. The van der Waals surface area contributed by atoms with Crippen LogP contribution in [-0.2, 0) is 0 Å². The Bertz CT molecular complexity index is 394. The van der Waals surface area contributed by atoms with Gasteiger partial charge >= 0.3 is 0 Å². The lowest BCUT2D eigenvalue weighted by molar-refractivity contribution is 0.0925. The van der Waals surface area contributed by atoms with Crippen LogP contribution in [-0.4, -0.2) is 25.7 Å². The summed E-state index contributed by atoms with van der Waals surface area (Å²) in [6.45, 7) is 4.73. The van der Waals surface area contributed by atoms with Gasteiger partial charge in [0.2, 0.25) is 0 Å². The minimum atomic E-state index is -0.153. The van der Waals surface area contributed by atoms with Gasteiger partial charge in [-0.3, -0.25) is 9.79 Å². The Balaban J connectivity index is 2.54. The Morgan fingerprint density at radius 1 is 1.53 bits per heavy atom. The second kappa shape index (κ2) is 6.89. The van der Waals surface area contributed by atoms with E-state index in [1.165, 1.54) is 0 Å². The van der Waals surface area contributed by atoms with Crippen molar-refractivity contribution in [1.82, 2.24) is 5.32 Å². The van der Waals surface area contributed by atoms with Crippen molar-refractivity contribution in [3.8, 4) is 0 Å². The molecule has 4 heteroatoms. The summed E-state index contributed by atoms with van der Waals surface area (Å²) < 4.78 is 5.41. The number of hydrogen-bond acceptors (Lipinski definition) is 3. The molecule has 0 aliphatic heterocycles. The molecule has 0 aromatic carbocycles. The van der Waals surface area contributed by atoms with Crippen LogP contribution in [0.1, 0.15) is 48.1 Å². The molecule has 1 aromatic rings. The number of aryl methyl sites for hydroxylation is 1. The highest BCUT2D eigenvalue weighted by molar-refractivity contribution is 5.93. The van der Waals surface area contributed by atoms with Crippen LogP contribution in [0.5, 0.6) is 0 Å². The van der Waals surface area contributed by atoms with Crippen LogP contribution in [0.25, 0.3) is 0 Å². The minimum absolute atomic E-state index is 0.153. The van der Waals surface area contributed by atoms with Crippen molar-refractivity contribution in [2.75, 3.05) is 13.6 Å². The molecule has 94 valence electrons. The van der Waals surface area contributed by atoms with Crippen molar-refractivity contribution in [3.63, 3.8) is 0 Å². The minimum Gasteiger partial charge on any atom is -0.450 e. The average Bonchev–Trinajstić information content (AvgIpc) is 2.67. The number of nitrogens with zero attached hydrogens (tertiary/aromatic N) is 1. The number of aliphatic imine (C=N–C) groups is 1. The molecule has 1 N–H and O–H groups in total. The van der Waals surface area contributed by atoms with E-state index in [0.29, 0.717) is 18.1 Å². The first-order chi connectivity index (χ1) is 8.19. The number of rotatable bonds is 6. The van der Waals surface area contributed by atoms with Crippen molar-refractivity contribution in [3.05, 3.63) is 23.2 Å². The summed E-state index contributed by atoms with van der Waals surface area (Å²) in [6, 6.07) is 1.74. The average molecular weight is 236 g/mol. The lowest BCUT2D eigenvalue weighted by atomic mass is 10.2. The van der Waals surface area contributed by atoms with E-state index in [9.17, 15) is 4.79 Å². The van der Waals surface area contributed by atoms with E-state index in [4.69, 9.17) is 4.42 Å². The molecule has 0 atom stereocenters. The van der Waals surface area contributed by atoms with E-state index in [0.717, 1.165) is 24.8 Å². The lowest BCUT2D eigenvalue weighted by Crippen LogP contribution is -2.23. The van der Waals surface area contributed by atoms with E-state index < -0.39 is 0 Å². The summed E-state index contributed by atoms with van der Waals surface area (Å²) in [4.78, 5) is 15.6. The van der Waals surface area contributed by atoms with Gasteiger partial charge in [0, 0.05) is 13.6 Å². The number of carbonyl (C=O) groups is 1. The van der Waals surface area contributed by atoms with E-state index in [1.807, 2.05) is 6.92 Å². The molecule has 0 radical (unpaired) electrons. The molecule has 0 aliphatic rings. The van der Waals surface area contributed by atoms with Crippen molar-refractivity contribution in [1.29, 1.82) is 0 Å². The number of hydrogen-bond donors (Lipinski definition) is 1. The van der Waals surface area contributed by atoms with Crippen LogP contribution in [0, 0.1) is 6.92 Å². The first-order valence-electron chi connectivity index (χ1n) is 5.99. The van der Waals surface area contributed by atoms with Gasteiger partial charge in [0.1, 0.15) is 5.76 Å². The Labute approximate surface area is 102 Å². The molecule has 17 heavy (non-hydrogen) atoms. The van der Waals surface area contributed by atoms with Gasteiger partial charge in [-0.1, -0.05) is 19.8 Å². The third kappa shape index (κ3) is 4.06. The SMILES string of the molecule is CCCCCNC(=O)c1cc(C)c(C=NC)o1. The summed E-state index contributed by atoms with van der Waals surface area (Å²) in [5.74, 6) is 0.847. The fourth-order valence-corrected chi connectivity index (χ4v) is 1.52. The maximum atomic E-state index is 11.7. The van der Waals surface area contributed by atoms with Crippen molar-refractivity contribution in [2.45, 2.75) is 33.1 Å². The van der Waals surface area contributed by atoms with Gasteiger partial charge in [0.25, 0.3) is 5.91 Å². The monoisotopic (exact) mass is 236 g/mol. The topological polar surface area (TPSA) is 54.6 Å². The lowest BCUT2D eigenvalue weighted by Gasteiger charge is -2.01. The second-order valence-electron chi connectivity index (χ2n) is 4.01. The van der Waals surface area contributed by atoms with Crippen LogP contribution < -0.4 is 5.32 Å². The standard InChI is InChI=1S/C13H20N2O2/c1-4-5-6-7-15-13(16)11-8-10(2)12(17-11)9-14-3/h8-9H,4-7H2,1-3H3,(H,15,16). The molecular weight excluding hydrogens is 216 g/mol. The van der Waals surface area contributed by atoms with Crippen molar-refractivity contribution in [2.24, 2.45) is 4.99 Å². The normalized spacial score (nSPS) is 11.0. The molecule has 0 spiro atoms. The molecule has 1 amide bonds. The first-order valence-corrected chi connectivity index (χ1v) is 5.99. The maximum Gasteiger partial charge on any atom is 0.287 e. The molecule has 0 fully saturated rings. The predicted molar refractivity (Wildman–Crippen MR) is 68.8 cm³/mol. The second-order valence-corrected chi connectivity index (χ2v) is 4.01. The summed E-state index contributed by atoms with van der Waals surface area (Å²) in [6.07, 6.45) is 4.90. The fourth-order valence-electron chi connectivity index (χ4n) is 1.52. The Hall–Kier alpha value is -1.58.